The second kappa shape index (κ2) is 7.74. The van der Waals surface area contributed by atoms with Crippen molar-refractivity contribution in [2.24, 2.45) is 0 Å². The van der Waals surface area contributed by atoms with E-state index in [1.54, 1.807) is 23.4 Å². The van der Waals surface area contributed by atoms with E-state index in [-0.39, 0.29) is 17.7 Å². The number of rotatable bonds is 1. The van der Waals surface area contributed by atoms with E-state index in [0.29, 0.717) is 25.3 Å². The second-order valence-electron chi connectivity index (χ2n) is 8.51. The van der Waals surface area contributed by atoms with Crippen LogP contribution in [-0.2, 0) is 4.74 Å². The first-order chi connectivity index (χ1) is 12.8. The fourth-order valence-electron chi connectivity index (χ4n) is 4.04. The van der Waals surface area contributed by atoms with Gasteiger partial charge >= 0.3 is 12.1 Å². The number of piperazine rings is 1. The number of nitrogens with one attached hydrogen (secondary N) is 1. The number of nitrogens with zero attached hydrogens (tertiary/aromatic N) is 3. The minimum atomic E-state index is -0.522. The molecule has 2 heterocycles. The van der Waals surface area contributed by atoms with Gasteiger partial charge in [-0.25, -0.2) is 9.59 Å². The number of amides is 3. The maximum absolute atomic E-state index is 13.0. The van der Waals surface area contributed by atoms with E-state index < -0.39 is 5.60 Å². The zero-order valence-corrected chi connectivity index (χ0v) is 16.5. The molecule has 0 atom stereocenters. The number of ether oxygens (including phenoxy) is 1. The highest BCUT2D eigenvalue weighted by Gasteiger charge is 2.46. The van der Waals surface area contributed by atoms with Crippen LogP contribution in [0.15, 0.2) is 24.5 Å². The van der Waals surface area contributed by atoms with Crippen LogP contribution in [0, 0.1) is 0 Å². The average Bonchev–Trinajstić information content (AvgIpc) is 2.61. The average molecular weight is 374 g/mol. The highest BCUT2D eigenvalue weighted by molar-refractivity contribution is 5.90. The molecule has 0 bridgehead atoms. The first-order valence-electron chi connectivity index (χ1n) is 9.76. The summed E-state index contributed by atoms with van der Waals surface area (Å²) in [7, 11) is 0. The number of hydrogen-bond donors (Lipinski definition) is 1. The summed E-state index contributed by atoms with van der Waals surface area (Å²) in [6, 6.07) is 3.51. The van der Waals surface area contributed by atoms with Crippen molar-refractivity contribution in [3.8, 4) is 0 Å². The molecule has 1 aliphatic carbocycles. The van der Waals surface area contributed by atoms with Gasteiger partial charge in [0.2, 0.25) is 0 Å². The SMILES string of the molecule is CC(C)(C)OC(=O)N1CCN(C(=O)Nc2cccnc2)C2(CCCCC2)C1. The molecule has 1 N–H and O–H groups in total. The third kappa shape index (κ3) is 4.70. The molecule has 0 aromatic carbocycles. The Bertz CT molecular complexity index is 666. The number of hydrogen-bond acceptors (Lipinski definition) is 4. The molecule has 2 fully saturated rings. The van der Waals surface area contributed by atoms with Gasteiger partial charge in [0.15, 0.2) is 0 Å². The zero-order valence-electron chi connectivity index (χ0n) is 16.5. The third-order valence-electron chi connectivity index (χ3n) is 5.25. The molecule has 1 aromatic heterocycles. The van der Waals surface area contributed by atoms with Crippen LogP contribution in [0.3, 0.4) is 0 Å². The fourth-order valence-corrected chi connectivity index (χ4v) is 4.04. The van der Waals surface area contributed by atoms with E-state index >= 15 is 0 Å². The van der Waals surface area contributed by atoms with E-state index in [9.17, 15) is 9.59 Å². The van der Waals surface area contributed by atoms with Crippen molar-refractivity contribution < 1.29 is 14.3 Å². The predicted molar refractivity (Wildman–Crippen MR) is 104 cm³/mol. The third-order valence-corrected chi connectivity index (χ3v) is 5.25. The molecular formula is C20H30N4O3. The summed E-state index contributed by atoms with van der Waals surface area (Å²) in [5.74, 6) is 0. The molecule has 7 heteroatoms. The van der Waals surface area contributed by atoms with Crippen molar-refractivity contribution in [2.75, 3.05) is 25.0 Å². The highest BCUT2D eigenvalue weighted by Crippen LogP contribution is 2.37. The molecule has 0 unspecified atom stereocenters. The van der Waals surface area contributed by atoms with Gasteiger partial charge < -0.3 is 19.9 Å². The van der Waals surface area contributed by atoms with E-state index in [1.807, 2.05) is 31.7 Å². The number of carbonyl (C=O) groups excluding carboxylic acids is 2. The topological polar surface area (TPSA) is 74.8 Å². The molecule has 1 aromatic rings. The number of pyridine rings is 1. The van der Waals surface area contributed by atoms with E-state index in [2.05, 4.69) is 10.3 Å². The van der Waals surface area contributed by atoms with Crippen molar-refractivity contribution in [1.29, 1.82) is 0 Å². The van der Waals surface area contributed by atoms with Gasteiger partial charge in [-0.1, -0.05) is 19.3 Å². The molecule has 1 aliphatic heterocycles. The fraction of sp³-hybridized carbons (Fsp3) is 0.650. The molecule has 3 rings (SSSR count). The summed E-state index contributed by atoms with van der Waals surface area (Å²) >= 11 is 0. The summed E-state index contributed by atoms with van der Waals surface area (Å²) < 4.78 is 5.56. The van der Waals surface area contributed by atoms with E-state index in [0.717, 1.165) is 25.7 Å². The van der Waals surface area contributed by atoms with E-state index in [1.165, 1.54) is 6.42 Å². The number of anilines is 1. The maximum atomic E-state index is 13.0. The van der Waals surface area contributed by atoms with Gasteiger partial charge in [0.05, 0.1) is 17.4 Å². The van der Waals surface area contributed by atoms with Gasteiger partial charge in [-0.2, -0.15) is 0 Å². The Hall–Kier alpha value is -2.31. The Balaban J connectivity index is 1.75. The first-order valence-corrected chi connectivity index (χ1v) is 9.76. The summed E-state index contributed by atoms with van der Waals surface area (Å²) in [6.07, 6.45) is 8.16. The Morgan fingerprint density at radius 2 is 1.93 bits per heavy atom. The van der Waals surface area contributed by atoms with Crippen molar-refractivity contribution in [3.63, 3.8) is 0 Å². The molecule has 7 nitrogen and oxygen atoms in total. The van der Waals surface area contributed by atoms with E-state index in [4.69, 9.17) is 4.74 Å². The summed E-state index contributed by atoms with van der Waals surface area (Å²) in [5.41, 5.74) is -0.159. The molecule has 1 saturated heterocycles. The highest BCUT2D eigenvalue weighted by atomic mass is 16.6. The molecule has 148 valence electrons. The quantitative estimate of drug-likeness (QED) is 0.810. The lowest BCUT2D eigenvalue weighted by atomic mass is 9.78. The monoisotopic (exact) mass is 374 g/mol. The summed E-state index contributed by atoms with van der Waals surface area (Å²) in [6.45, 7) is 7.14. The van der Waals surface area contributed by atoms with Crippen LogP contribution in [-0.4, -0.2) is 57.7 Å². The Kier molecular flexibility index (Phi) is 5.58. The van der Waals surface area contributed by atoms with Crippen LogP contribution in [0.4, 0.5) is 15.3 Å². The van der Waals surface area contributed by atoms with Crippen LogP contribution < -0.4 is 5.32 Å². The van der Waals surface area contributed by atoms with Crippen molar-refractivity contribution in [3.05, 3.63) is 24.5 Å². The molecule has 1 spiro atoms. The van der Waals surface area contributed by atoms with Crippen LogP contribution in [0.25, 0.3) is 0 Å². The van der Waals surface area contributed by atoms with Gasteiger partial charge in [0, 0.05) is 25.8 Å². The van der Waals surface area contributed by atoms with Crippen molar-refractivity contribution in [2.45, 2.75) is 64.0 Å². The Morgan fingerprint density at radius 1 is 1.19 bits per heavy atom. The van der Waals surface area contributed by atoms with Crippen LogP contribution in [0.1, 0.15) is 52.9 Å². The van der Waals surface area contributed by atoms with Crippen molar-refractivity contribution >= 4 is 17.8 Å². The Labute approximate surface area is 161 Å². The molecule has 2 aliphatic rings. The number of carbonyl (C=O) groups is 2. The predicted octanol–water partition coefficient (Wildman–Crippen LogP) is 3.87. The smallest absolute Gasteiger partial charge is 0.410 e. The molecule has 27 heavy (non-hydrogen) atoms. The van der Waals surface area contributed by atoms with Gasteiger partial charge in [0.1, 0.15) is 5.60 Å². The zero-order chi connectivity index (χ0) is 19.5. The lowest BCUT2D eigenvalue weighted by molar-refractivity contribution is -0.0216. The normalized spacial score (nSPS) is 19.7. The van der Waals surface area contributed by atoms with Crippen LogP contribution in [0.2, 0.25) is 0 Å². The molecule has 3 amide bonds. The van der Waals surface area contributed by atoms with Gasteiger partial charge in [-0.3, -0.25) is 4.98 Å². The summed E-state index contributed by atoms with van der Waals surface area (Å²) in [4.78, 5) is 33.3. The molecular weight excluding hydrogens is 344 g/mol. The molecule has 0 radical (unpaired) electrons. The lowest BCUT2D eigenvalue weighted by Gasteiger charge is -2.52. The number of urea groups is 1. The Morgan fingerprint density at radius 3 is 2.56 bits per heavy atom. The minimum Gasteiger partial charge on any atom is -0.444 e. The van der Waals surface area contributed by atoms with Gasteiger partial charge in [-0.05, 0) is 45.7 Å². The van der Waals surface area contributed by atoms with Crippen LogP contribution >= 0.6 is 0 Å². The minimum absolute atomic E-state index is 0.117. The second-order valence-corrected chi connectivity index (χ2v) is 8.51. The first kappa shape index (κ1) is 19.5. The van der Waals surface area contributed by atoms with Gasteiger partial charge in [0.25, 0.3) is 0 Å². The van der Waals surface area contributed by atoms with Crippen molar-refractivity contribution in [1.82, 2.24) is 14.8 Å². The molecule has 1 saturated carbocycles. The maximum Gasteiger partial charge on any atom is 0.410 e. The van der Waals surface area contributed by atoms with Crippen LogP contribution in [0.5, 0.6) is 0 Å². The standard InChI is InChI=1S/C20H30N4O3/c1-19(2,3)27-18(26)23-12-13-24(20(15-23)9-5-4-6-10-20)17(25)22-16-8-7-11-21-14-16/h7-8,11,14H,4-6,9-10,12-13,15H2,1-3H3,(H,22,25). The largest absolute Gasteiger partial charge is 0.444 e. The lowest BCUT2D eigenvalue weighted by Crippen LogP contribution is -2.66. The number of aromatic nitrogens is 1. The summed E-state index contributed by atoms with van der Waals surface area (Å²) in [5, 5.41) is 2.96. The van der Waals surface area contributed by atoms with Gasteiger partial charge in [-0.15, -0.1) is 0 Å².